The average Bonchev–Trinajstić information content (AvgIpc) is 2.58. The Morgan fingerprint density at radius 1 is 1.22 bits per heavy atom. The number of piperidine rings is 1. The Morgan fingerprint density at radius 2 is 1.81 bits per heavy atom. The predicted octanol–water partition coefficient (Wildman–Crippen LogP) is 1.77. The van der Waals surface area contributed by atoms with Gasteiger partial charge in [-0.15, -0.1) is 24.0 Å². The number of hydrogen-bond acceptors (Lipinski definition) is 4. The van der Waals surface area contributed by atoms with Crippen molar-refractivity contribution in [1.82, 2.24) is 15.4 Å². The number of halogens is 1. The molecule has 0 aliphatic carbocycles. The van der Waals surface area contributed by atoms with Gasteiger partial charge in [-0.1, -0.05) is 18.2 Å². The predicted molar refractivity (Wildman–Crippen MR) is 124 cm³/mol. The van der Waals surface area contributed by atoms with Gasteiger partial charge in [0.25, 0.3) is 0 Å². The van der Waals surface area contributed by atoms with Gasteiger partial charge in [-0.3, -0.25) is 4.99 Å². The molecule has 1 fully saturated rings. The first kappa shape index (κ1) is 24.0. The zero-order valence-corrected chi connectivity index (χ0v) is 19.7. The van der Waals surface area contributed by atoms with Crippen LogP contribution in [0, 0.1) is 0 Å². The number of sulfonamides is 1. The Morgan fingerprint density at radius 3 is 2.33 bits per heavy atom. The molecule has 3 N–H and O–H groups in total. The lowest BCUT2D eigenvalue weighted by Crippen LogP contribution is -2.55. The number of anilines is 1. The molecule has 154 valence electrons. The van der Waals surface area contributed by atoms with Gasteiger partial charge in [-0.25, -0.2) is 13.1 Å². The molecule has 0 atom stereocenters. The fraction of sp³-hybridized carbons (Fsp3) is 0.611. The second-order valence-corrected chi connectivity index (χ2v) is 9.17. The van der Waals surface area contributed by atoms with Gasteiger partial charge in [-0.05, 0) is 38.8 Å². The van der Waals surface area contributed by atoms with Gasteiger partial charge in [0.2, 0.25) is 10.0 Å². The quantitative estimate of drug-likeness (QED) is 0.309. The minimum absolute atomic E-state index is 0. The van der Waals surface area contributed by atoms with Gasteiger partial charge in [0.05, 0.1) is 6.26 Å². The third-order valence-electron chi connectivity index (χ3n) is 4.34. The highest BCUT2D eigenvalue weighted by Gasteiger charge is 2.24. The molecular weight excluding hydrogens is 477 g/mol. The molecule has 9 heteroatoms. The smallest absolute Gasteiger partial charge is 0.209 e. The molecule has 0 unspecified atom stereocenters. The van der Waals surface area contributed by atoms with Gasteiger partial charge in [0, 0.05) is 44.0 Å². The zero-order valence-electron chi connectivity index (χ0n) is 16.5. The minimum Gasteiger partial charge on any atom is -0.371 e. The standard InChI is InChI=1S/C18H31N5O2S.HI/c1-18(2,22-26(4,24)25)14-20-17(19-3)21-15-10-12-23(13-11-15)16-8-6-5-7-9-16;/h5-9,15,22H,10-14H2,1-4H3,(H2,19,20,21);1H. The molecule has 7 nitrogen and oxygen atoms in total. The van der Waals surface area contributed by atoms with E-state index < -0.39 is 15.6 Å². The first-order chi connectivity index (χ1) is 12.2. The average molecular weight is 509 g/mol. The van der Waals surface area contributed by atoms with E-state index in [4.69, 9.17) is 0 Å². The second kappa shape index (κ2) is 10.5. The summed E-state index contributed by atoms with van der Waals surface area (Å²) < 4.78 is 25.5. The van der Waals surface area contributed by atoms with E-state index in [1.165, 1.54) is 11.9 Å². The fourth-order valence-electron chi connectivity index (χ4n) is 3.15. The van der Waals surface area contributed by atoms with Crippen LogP contribution >= 0.6 is 24.0 Å². The maximum absolute atomic E-state index is 11.4. The van der Waals surface area contributed by atoms with E-state index in [2.05, 4.69) is 49.5 Å². The number of guanidine groups is 1. The summed E-state index contributed by atoms with van der Waals surface area (Å²) >= 11 is 0. The van der Waals surface area contributed by atoms with Crippen LogP contribution in [0.15, 0.2) is 35.3 Å². The summed E-state index contributed by atoms with van der Waals surface area (Å²) in [5, 5.41) is 6.67. The van der Waals surface area contributed by atoms with Crippen LogP contribution in [0.5, 0.6) is 0 Å². The Balaban J connectivity index is 0.00000364. The van der Waals surface area contributed by atoms with Crippen LogP contribution in [0.2, 0.25) is 0 Å². The largest absolute Gasteiger partial charge is 0.371 e. The number of nitrogens with zero attached hydrogens (tertiary/aromatic N) is 2. The van der Waals surface area contributed by atoms with Gasteiger partial charge in [0.15, 0.2) is 5.96 Å². The van der Waals surface area contributed by atoms with Crippen LogP contribution in [0.1, 0.15) is 26.7 Å². The molecule has 1 heterocycles. The van der Waals surface area contributed by atoms with Crippen molar-refractivity contribution in [2.45, 2.75) is 38.3 Å². The molecule has 0 radical (unpaired) electrons. The molecule has 1 aromatic rings. The summed E-state index contributed by atoms with van der Waals surface area (Å²) in [5.41, 5.74) is 0.670. The van der Waals surface area contributed by atoms with E-state index in [-0.39, 0.29) is 24.0 Å². The monoisotopic (exact) mass is 509 g/mol. The molecule has 0 spiro atoms. The summed E-state index contributed by atoms with van der Waals surface area (Å²) in [4.78, 5) is 6.66. The number of aliphatic imine (C=N–C) groups is 1. The molecule has 1 aliphatic heterocycles. The molecule has 0 aromatic heterocycles. The topological polar surface area (TPSA) is 85.8 Å². The minimum atomic E-state index is -3.25. The maximum Gasteiger partial charge on any atom is 0.209 e. The lowest BCUT2D eigenvalue weighted by molar-refractivity contribution is 0.434. The highest BCUT2D eigenvalue weighted by Crippen LogP contribution is 2.19. The normalized spacial score (nSPS) is 16.6. The van der Waals surface area contributed by atoms with Gasteiger partial charge in [0.1, 0.15) is 0 Å². The first-order valence-electron chi connectivity index (χ1n) is 8.95. The zero-order chi connectivity index (χ0) is 19.2. The lowest BCUT2D eigenvalue weighted by atomic mass is 10.0. The molecule has 0 saturated carbocycles. The summed E-state index contributed by atoms with van der Waals surface area (Å²) in [6.45, 7) is 6.13. The molecule has 1 aromatic carbocycles. The van der Waals surface area contributed by atoms with E-state index in [1.54, 1.807) is 7.05 Å². The van der Waals surface area contributed by atoms with Crippen molar-refractivity contribution in [2.75, 3.05) is 37.8 Å². The summed E-state index contributed by atoms with van der Waals surface area (Å²) in [6.07, 6.45) is 3.23. The lowest BCUT2D eigenvalue weighted by Gasteiger charge is -2.35. The van der Waals surface area contributed by atoms with E-state index in [0.717, 1.165) is 25.9 Å². The van der Waals surface area contributed by atoms with Crippen LogP contribution < -0.4 is 20.3 Å². The Bertz CT molecular complexity index is 702. The summed E-state index contributed by atoms with van der Waals surface area (Å²) in [7, 11) is -1.52. The summed E-state index contributed by atoms with van der Waals surface area (Å²) in [6, 6.07) is 10.8. The van der Waals surface area contributed by atoms with E-state index in [1.807, 2.05) is 19.9 Å². The van der Waals surface area contributed by atoms with Crippen molar-refractivity contribution in [3.05, 3.63) is 30.3 Å². The Hall–Kier alpha value is -1.07. The number of rotatable bonds is 6. The molecule has 1 aliphatic rings. The number of para-hydroxylation sites is 1. The highest BCUT2D eigenvalue weighted by atomic mass is 127. The third-order valence-corrected chi connectivity index (χ3v) is 5.26. The van der Waals surface area contributed by atoms with Crippen molar-refractivity contribution >= 4 is 45.6 Å². The molecular formula is C18H32IN5O2S. The van der Waals surface area contributed by atoms with Crippen LogP contribution in [0.25, 0.3) is 0 Å². The Kier molecular flexibility index (Phi) is 9.29. The molecule has 1 saturated heterocycles. The first-order valence-corrected chi connectivity index (χ1v) is 10.8. The van der Waals surface area contributed by atoms with Crippen molar-refractivity contribution in [2.24, 2.45) is 4.99 Å². The van der Waals surface area contributed by atoms with Crippen molar-refractivity contribution in [3.63, 3.8) is 0 Å². The van der Waals surface area contributed by atoms with Gasteiger partial charge < -0.3 is 15.5 Å². The van der Waals surface area contributed by atoms with Crippen molar-refractivity contribution < 1.29 is 8.42 Å². The van der Waals surface area contributed by atoms with Crippen molar-refractivity contribution in [3.8, 4) is 0 Å². The van der Waals surface area contributed by atoms with E-state index in [9.17, 15) is 8.42 Å². The summed E-state index contributed by atoms with van der Waals surface area (Å²) in [5.74, 6) is 0.700. The van der Waals surface area contributed by atoms with Crippen LogP contribution in [0.3, 0.4) is 0 Å². The Labute approximate surface area is 180 Å². The maximum atomic E-state index is 11.4. The number of hydrogen-bond donors (Lipinski definition) is 3. The number of benzene rings is 1. The van der Waals surface area contributed by atoms with E-state index >= 15 is 0 Å². The third kappa shape index (κ3) is 8.65. The van der Waals surface area contributed by atoms with Crippen LogP contribution in [-0.4, -0.2) is 58.9 Å². The second-order valence-electron chi connectivity index (χ2n) is 7.43. The molecule has 0 amide bonds. The molecule has 2 rings (SSSR count). The van der Waals surface area contributed by atoms with Crippen molar-refractivity contribution in [1.29, 1.82) is 0 Å². The number of nitrogens with one attached hydrogen (secondary N) is 3. The van der Waals surface area contributed by atoms with Gasteiger partial charge in [-0.2, -0.15) is 0 Å². The van der Waals surface area contributed by atoms with Gasteiger partial charge >= 0.3 is 0 Å². The molecule has 27 heavy (non-hydrogen) atoms. The van der Waals surface area contributed by atoms with E-state index in [0.29, 0.717) is 18.5 Å². The highest BCUT2D eigenvalue weighted by molar-refractivity contribution is 14.0. The molecule has 0 bridgehead atoms. The SMILES string of the molecule is CN=C(NCC(C)(C)NS(C)(=O)=O)NC1CCN(c2ccccc2)CC1.I. The fourth-order valence-corrected chi connectivity index (χ4v) is 4.23. The van der Waals surface area contributed by atoms with Crippen LogP contribution in [-0.2, 0) is 10.0 Å². The van der Waals surface area contributed by atoms with Crippen LogP contribution in [0.4, 0.5) is 5.69 Å².